The van der Waals surface area contributed by atoms with E-state index in [4.69, 9.17) is 5.10 Å². The molecule has 0 radical (unpaired) electrons. The van der Waals surface area contributed by atoms with Gasteiger partial charge in [0.15, 0.2) is 0 Å². The molecular formula is C21H32N2Pt. The molecule has 3 heteroatoms. The maximum absolute atomic E-state index is 4.96. The predicted molar refractivity (Wildman–Crippen MR) is 100 cm³/mol. The second-order valence-corrected chi connectivity index (χ2v) is 7.01. The Morgan fingerprint density at radius 2 is 1.21 bits per heavy atom. The van der Waals surface area contributed by atoms with Crippen LogP contribution in [0.25, 0.3) is 11.1 Å². The Hall–Kier alpha value is -0.882. The van der Waals surface area contributed by atoms with Gasteiger partial charge in [-0.1, -0.05) is 13.8 Å². The van der Waals surface area contributed by atoms with E-state index in [0.717, 1.165) is 12.8 Å². The Kier molecular flexibility index (Phi) is 7.05. The number of rotatable bonds is 4. The van der Waals surface area contributed by atoms with Crippen LogP contribution in [-0.4, -0.2) is 9.78 Å². The second kappa shape index (κ2) is 8.00. The van der Waals surface area contributed by atoms with E-state index in [9.17, 15) is 0 Å². The number of nitrogens with zero attached hydrogens (tertiary/aromatic N) is 2. The van der Waals surface area contributed by atoms with Crippen LogP contribution in [-0.2, 0) is 33.9 Å². The van der Waals surface area contributed by atoms with Gasteiger partial charge in [-0.05, 0) is 94.7 Å². The summed E-state index contributed by atoms with van der Waals surface area (Å²) < 4.78 is 2.23. The van der Waals surface area contributed by atoms with Gasteiger partial charge in [0.1, 0.15) is 0 Å². The Balaban J connectivity index is 0.00000288. The summed E-state index contributed by atoms with van der Waals surface area (Å²) >= 11 is 0. The van der Waals surface area contributed by atoms with Gasteiger partial charge in [-0.3, -0.25) is 4.68 Å². The van der Waals surface area contributed by atoms with Gasteiger partial charge in [0.25, 0.3) is 0 Å². The maximum Gasteiger partial charge on any atom is 0.0703 e. The largest absolute Gasteiger partial charge is 0.266 e. The molecule has 0 spiro atoms. The van der Waals surface area contributed by atoms with E-state index >= 15 is 0 Å². The molecule has 0 atom stereocenters. The second-order valence-electron chi connectivity index (χ2n) is 7.01. The SMILES string of the molecule is CCc1nn(C(C)C)c(CC)c1-c1c(C)c(C)c(C)c(C)c1C.[Pt]. The smallest absolute Gasteiger partial charge is 0.0703 e. The van der Waals surface area contributed by atoms with Crippen LogP contribution >= 0.6 is 0 Å². The zero-order valence-electron chi connectivity index (χ0n) is 16.7. The van der Waals surface area contributed by atoms with Gasteiger partial charge in [-0.2, -0.15) is 5.10 Å². The van der Waals surface area contributed by atoms with Crippen molar-refractivity contribution in [1.82, 2.24) is 9.78 Å². The van der Waals surface area contributed by atoms with Gasteiger partial charge >= 0.3 is 0 Å². The van der Waals surface area contributed by atoms with E-state index in [1.54, 1.807) is 0 Å². The first-order valence-electron chi connectivity index (χ1n) is 8.93. The molecule has 2 rings (SSSR count). The van der Waals surface area contributed by atoms with E-state index in [1.807, 2.05) is 0 Å². The molecule has 0 amide bonds. The number of benzene rings is 1. The van der Waals surface area contributed by atoms with Crippen LogP contribution < -0.4 is 0 Å². The minimum absolute atomic E-state index is 0. The molecular weight excluding hydrogens is 475 g/mol. The maximum atomic E-state index is 4.96. The monoisotopic (exact) mass is 507 g/mol. The Bertz CT molecular complexity index is 710. The average molecular weight is 508 g/mol. The van der Waals surface area contributed by atoms with E-state index < -0.39 is 0 Å². The topological polar surface area (TPSA) is 17.8 Å². The van der Waals surface area contributed by atoms with Crippen molar-refractivity contribution < 1.29 is 21.1 Å². The van der Waals surface area contributed by atoms with Gasteiger partial charge < -0.3 is 0 Å². The average Bonchev–Trinajstić information content (AvgIpc) is 2.90. The minimum Gasteiger partial charge on any atom is -0.266 e. The van der Waals surface area contributed by atoms with Gasteiger partial charge in [0.2, 0.25) is 0 Å². The van der Waals surface area contributed by atoms with Crippen molar-refractivity contribution in [2.75, 3.05) is 0 Å². The Morgan fingerprint density at radius 3 is 1.58 bits per heavy atom. The molecule has 0 aliphatic heterocycles. The van der Waals surface area contributed by atoms with Gasteiger partial charge in [-0.25, -0.2) is 0 Å². The van der Waals surface area contributed by atoms with E-state index in [2.05, 4.69) is 67.0 Å². The van der Waals surface area contributed by atoms with Gasteiger partial charge in [0.05, 0.1) is 5.69 Å². The third-order valence-electron chi connectivity index (χ3n) is 5.49. The fourth-order valence-electron chi connectivity index (χ4n) is 3.70. The Morgan fingerprint density at radius 1 is 0.750 bits per heavy atom. The summed E-state index contributed by atoms with van der Waals surface area (Å²) in [4.78, 5) is 0. The van der Waals surface area contributed by atoms with Crippen LogP contribution in [0, 0.1) is 34.6 Å². The molecule has 0 saturated carbocycles. The van der Waals surface area contributed by atoms with Gasteiger partial charge in [-0.15, -0.1) is 0 Å². The molecule has 0 fully saturated rings. The van der Waals surface area contributed by atoms with Crippen LogP contribution in [0.4, 0.5) is 0 Å². The standard InChI is InChI=1S/C21H32N2.Pt/c1-10-18-21(19(11-2)23(22-18)12(3)4)20-16(8)14(6)13(5)15(7)17(20)9;/h12H,10-11H2,1-9H3;. The molecule has 0 aliphatic carbocycles. The molecule has 0 aliphatic rings. The van der Waals surface area contributed by atoms with Crippen molar-refractivity contribution in [2.24, 2.45) is 0 Å². The molecule has 0 unspecified atom stereocenters. The zero-order valence-corrected chi connectivity index (χ0v) is 19.0. The van der Waals surface area contributed by atoms with E-state index in [1.165, 1.54) is 50.3 Å². The van der Waals surface area contributed by atoms with Crippen molar-refractivity contribution in [2.45, 2.75) is 81.2 Å². The van der Waals surface area contributed by atoms with Crippen LogP contribution in [0.5, 0.6) is 0 Å². The van der Waals surface area contributed by atoms with Crippen LogP contribution in [0.3, 0.4) is 0 Å². The first kappa shape index (κ1) is 21.2. The number of aryl methyl sites for hydroxylation is 1. The van der Waals surface area contributed by atoms with Crippen molar-refractivity contribution >= 4 is 0 Å². The summed E-state index contributed by atoms with van der Waals surface area (Å²) in [6, 6.07) is 0.400. The number of hydrogen-bond donors (Lipinski definition) is 0. The van der Waals surface area contributed by atoms with Crippen LogP contribution in [0.1, 0.15) is 72.9 Å². The van der Waals surface area contributed by atoms with Crippen molar-refractivity contribution in [3.63, 3.8) is 0 Å². The normalized spacial score (nSPS) is 11.1. The molecule has 136 valence electrons. The first-order valence-corrected chi connectivity index (χ1v) is 8.93. The van der Waals surface area contributed by atoms with E-state index in [0.29, 0.717) is 6.04 Å². The summed E-state index contributed by atoms with van der Waals surface area (Å²) in [5.41, 5.74) is 12.5. The zero-order chi connectivity index (χ0) is 17.5. The summed E-state index contributed by atoms with van der Waals surface area (Å²) in [5, 5.41) is 4.96. The molecule has 1 aromatic heterocycles. The fraction of sp³-hybridized carbons (Fsp3) is 0.571. The van der Waals surface area contributed by atoms with Crippen molar-refractivity contribution in [1.29, 1.82) is 0 Å². The number of aromatic nitrogens is 2. The molecule has 24 heavy (non-hydrogen) atoms. The summed E-state index contributed by atoms with van der Waals surface area (Å²) in [5.74, 6) is 0. The molecule has 1 aromatic carbocycles. The Labute approximate surface area is 162 Å². The molecule has 2 aromatic rings. The first-order chi connectivity index (χ1) is 10.8. The molecule has 0 saturated heterocycles. The molecule has 0 N–H and O–H groups in total. The van der Waals surface area contributed by atoms with Gasteiger partial charge in [0, 0.05) is 38.4 Å². The van der Waals surface area contributed by atoms with Crippen molar-refractivity contribution in [3.05, 3.63) is 39.2 Å². The fourth-order valence-corrected chi connectivity index (χ4v) is 3.70. The van der Waals surface area contributed by atoms with Crippen LogP contribution in [0.2, 0.25) is 0 Å². The number of hydrogen-bond acceptors (Lipinski definition) is 1. The third-order valence-corrected chi connectivity index (χ3v) is 5.49. The third kappa shape index (κ3) is 3.27. The molecule has 1 heterocycles. The summed E-state index contributed by atoms with van der Waals surface area (Å²) in [7, 11) is 0. The van der Waals surface area contributed by atoms with Crippen molar-refractivity contribution in [3.8, 4) is 11.1 Å². The minimum atomic E-state index is 0. The predicted octanol–water partition coefficient (Wildman–Crippen LogP) is 5.80. The van der Waals surface area contributed by atoms with Crippen LogP contribution in [0.15, 0.2) is 0 Å². The molecule has 2 nitrogen and oxygen atoms in total. The van der Waals surface area contributed by atoms with E-state index in [-0.39, 0.29) is 21.1 Å². The summed E-state index contributed by atoms with van der Waals surface area (Å²) in [6.07, 6.45) is 2.00. The quantitative estimate of drug-likeness (QED) is 0.512. The molecule has 0 bridgehead atoms. The summed E-state index contributed by atoms with van der Waals surface area (Å²) in [6.45, 7) is 20.2.